The van der Waals surface area contributed by atoms with Gasteiger partial charge < -0.3 is 20.2 Å². The van der Waals surface area contributed by atoms with E-state index >= 15 is 0 Å². The highest BCUT2D eigenvalue weighted by Crippen LogP contribution is 2.31. The van der Waals surface area contributed by atoms with Gasteiger partial charge in [-0.3, -0.25) is 9.48 Å². The van der Waals surface area contributed by atoms with E-state index < -0.39 is 6.10 Å². The maximum atomic E-state index is 12.1. The van der Waals surface area contributed by atoms with Crippen LogP contribution < -0.4 is 5.32 Å². The van der Waals surface area contributed by atoms with Crippen molar-refractivity contribution in [3.05, 3.63) is 70.4 Å². The minimum absolute atomic E-state index is 0.0701. The van der Waals surface area contributed by atoms with Crippen molar-refractivity contribution in [1.82, 2.24) is 19.6 Å². The first-order valence-electron chi connectivity index (χ1n) is 13.2. The fraction of sp³-hybridized carbons (Fsp3) is 0.448. The summed E-state index contributed by atoms with van der Waals surface area (Å²) in [6, 6.07) is 16.7. The quantitative estimate of drug-likeness (QED) is 0.483. The number of nitrogens with zero attached hydrogens (tertiary/aromatic N) is 4. The van der Waals surface area contributed by atoms with Gasteiger partial charge in [0, 0.05) is 79.6 Å². The number of halogens is 1. The molecule has 0 saturated carbocycles. The van der Waals surface area contributed by atoms with Crippen molar-refractivity contribution in [3.8, 4) is 11.3 Å². The Bertz CT molecular complexity index is 1220. The molecule has 7 nitrogen and oxygen atoms in total. The Labute approximate surface area is 224 Å². The van der Waals surface area contributed by atoms with Crippen molar-refractivity contribution < 1.29 is 9.90 Å². The molecule has 196 valence electrons. The summed E-state index contributed by atoms with van der Waals surface area (Å²) in [5, 5.41) is 20.3. The van der Waals surface area contributed by atoms with Crippen molar-refractivity contribution in [3.63, 3.8) is 0 Å². The Hall–Kier alpha value is -2.87. The molecule has 3 aromatic rings. The van der Waals surface area contributed by atoms with Crippen molar-refractivity contribution in [2.24, 2.45) is 0 Å². The molecule has 1 aromatic heterocycles. The molecule has 1 saturated heterocycles. The molecule has 2 aliphatic rings. The van der Waals surface area contributed by atoms with E-state index in [4.69, 9.17) is 16.7 Å². The van der Waals surface area contributed by atoms with E-state index in [1.165, 1.54) is 11.3 Å². The van der Waals surface area contributed by atoms with Crippen molar-refractivity contribution in [2.75, 3.05) is 31.5 Å². The summed E-state index contributed by atoms with van der Waals surface area (Å²) < 4.78 is 1.97. The summed E-state index contributed by atoms with van der Waals surface area (Å²) in [6.07, 6.45) is 2.33. The molecule has 0 radical (unpaired) electrons. The van der Waals surface area contributed by atoms with Crippen molar-refractivity contribution >= 4 is 23.2 Å². The number of rotatable bonds is 7. The zero-order valence-corrected chi connectivity index (χ0v) is 22.4. The molecule has 0 spiro atoms. The average molecular weight is 522 g/mol. The van der Waals surface area contributed by atoms with E-state index in [9.17, 15) is 9.90 Å². The number of nitrogens with one attached hydrogen (secondary N) is 1. The number of aromatic nitrogens is 2. The standard InChI is InChI=1S/C29H36ClN5O2/c1-20-3-9-24(10-4-20)31-25-11-14-33(15-12-25)17-26(37)18-35-28-13-16-34(21(2)36)19-27(28)29(32-35)22-5-7-23(30)8-6-22/h3-10,25-26,31,37H,11-19H2,1-2H3. The fourth-order valence-electron chi connectivity index (χ4n) is 5.45. The number of fused-ring (bicyclic) bond motifs is 1. The van der Waals surface area contributed by atoms with Gasteiger partial charge in [-0.25, -0.2) is 0 Å². The van der Waals surface area contributed by atoms with Crippen LogP contribution in [-0.2, 0) is 24.3 Å². The molecule has 2 N–H and O–H groups in total. The Morgan fingerprint density at radius 1 is 1.08 bits per heavy atom. The average Bonchev–Trinajstić information content (AvgIpc) is 3.24. The number of hydrogen-bond donors (Lipinski definition) is 2. The van der Waals surface area contributed by atoms with Gasteiger partial charge in [0.1, 0.15) is 0 Å². The normalized spacial score (nSPS) is 17.5. The van der Waals surface area contributed by atoms with Crippen LogP contribution in [0, 0.1) is 6.92 Å². The number of carbonyl (C=O) groups is 1. The number of aryl methyl sites for hydroxylation is 1. The second-order valence-electron chi connectivity index (χ2n) is 10.4. The highest BCUT2D eigenvalue weighted by atomic mass is 35.5. The zero-order chi connectivity index (χ0) is 25.9. The fourth-order valence-corrected chi connectivity index (χ4v) is 5.58. The first kappa shape index (κ1) is 25.8. The summed E-state index contributed by atoms with van der Waals surface area (Å²) in [4.78, 5) is 16.3. The lowest BCUT2D eigenvalue weighted by Crippen LogP contribution is -2.43. The van der Waals surface area contributed by atoms with Crippen molar-refractivity contribution in [1.29, 1.82) is 0 Å². The van der Waals surface area contributed by atoms with Crippen LogP contribution in [0.4, 0.5) is 5.69 Å². The van der Waals surface area contributed by atoms with Crippen LogP contribution in [-0.4, -0.2) is 68.9 Å². The number of carbonyl (C=O) groups excluding carboxylic acids is 1. The highest BCUT2D eigenvalue weighted by Gasteiger charge is 2.28. The third kappa shape index (κ3) is 6.17. The van der Waals surface area contributed by atoms with E-state index in [-0.39, 0.29) is 5.91 Å². The molecular weight excluding hydrogens is 486 g/mol. The van der Waals surface area contributed by atoms with E-state index in [2.05, 4.69) is 41.4 Å². The summed E-state index contributed by atoms with van der Waals surface area (Å²) in [6.45, 7) is 7.92. The molecule has 37 heavy (non-hydrogen) atoms. The third-order valence-corrected chi connectivity index (χ3v) is 7.81. The number of β-amino-alcohol motifs (C(OH)–C–C–N with tert-alkyl or cyclic N) is 1. The van der Waals surface area contributed by atoms with E-state index in [0.29, 0.717) is 37.2 Å². The SMILES string of the molecule is CC(=O)N1CCc2c(c(-c3ccc(Cl)cc3)nn2CC(O)CN2CCC(Nc3ccc(C)cc3)CC2)C1. The topological polar surface area (TPSA) is 73.6 Å². The lowest BCUT2D eigenvalue weighted by molar-refractivity contribution is -0.129. The summed E-state index contributed by atoms with van der Waals surface area (Å²) in [5.74, 6) is 0.0701. The molecule has 3 heterocycles. The molecule has 2 aliphatic heterocycles. The second kappa shape index (κ2) is 11.3. The lowest BCUT2D eigenvalue weighted by Gasteiger charge is -2.34. The number of piperidine rings is 1. The van der Waals surface area contributed by atoms with Crippen LogP contribution in [0.3, 0.4) is 0 Å². The predicted octanol–water partition coefficient (Wildman–Crippen LogP) is 4.35. The number of hydrogen-bond acceptors (Lipinski definition) is 5. The van der Waals surface area contributed by atoms with E-state index in [1.807, 2.05) is 33.8 Å². The highest BCUT2D eigenvalue weighted by molar-refractivity contribution is 6.30. The number of amides is 1. The monoisotopic (exact) mass is 521 g/mol. The molecule has 0 aliphatic carbocycles. The largest absolute Gasteiger partial charge is 0.390 e. The minimum Gasteiger partial charge on any atom is -0.390 e. The summed E-state index contributed by atoms with van der Waals surface area (Å²) in [5.41, 5.74) is 6.47. The van der Waals surface area contributed by atoms with Crippen LogP contribution in [0.25, 0.3) is 11.3 Å². The van der Waals surface area contributed by atoms with Crippen LogP contribution in [0.1, 0.15) is 36.6 Å². The predicted molar refractivity (Wildman–Crippen MR) is 148 cm³/mol. The van der Waals surface area contributed by atoms with Crippen LogP contribution in [0.5, 0.6) is 0 Å². The summed E-state index contributed by atoms with van der Waals surface area (Å²) in [7, 11) is 0. The van der Waals surface area contributed by atoms with E-state index in [1.54, 1.807) is 6.92 Å². The van der Waals surface area contributed by atoms with Gasteiger partial charge in [-0.1, -0.05) is 41.4 Å². The maximum Gasteiger partial charge on any atom is 0.219 e. The van der Waals surface area contributed by atoms with Gasteiger partial charge >= 0.3 is 0 Å². The third-order valence-electron chi connectivity index (χ3n) is 7.56. The molecule has 1 amide bonds. The van der Waals surface area contributed by atoms with Gasteiger partial charge in [0.2, 0.25) is 5.91 Å². The van der Waals surface area contributed by atoms with Crippen molar-refractivity contribution in [2.45, 2.75) is 58.3 Å². The first-order chi connectivity index (χ1) is 17.9. The molecule has 5 rings (SSSR count). The van der Waals surface area contributed by atoms with Gasteiger partial charge in [0.15, 0.2) is 0 Å². The molecule has 2 aromatic carbocycles. The second-order valence-corrected chi connectivity index (χ2v) is 10.8. The van der Waals surface area contributed by atoms with Crippen LogP contribution >= 0.6 is 11.6 Å². The molecule has 1 atom stereocenters. The van der Waals surface area contributed by atoms with Crippen LogP contribution in [0.15, 0.2) is 48.5 Å². The lowest BCUT2D eigenvalue weighted by atomic mass is 10.0. The minimum atomic E-state index is -0.519. The maximum absolute atomic E-state index is 12.1. The van der Waals surface area contributed by atoms with Gasteiger partial charge in [-0.05, 0) is 44.0 Å². The molecular formula is C29H36ClN5O2. The van der Waals surface area contributed by atoms with Gasteiger partial charge in [0.05, 0.1) is 18.3 Å². The van der Waals surface area contributed by atoms with Gasteiger partial charge in [0.25, 0.3) is 0 Å². The molecule has 1 unspecified atom stereocenters. The Kier molecular flexibility index (Phi) is 7.84. The Morgan fingerprint density at radius 3 is 2.46 bits per heavy atom. The molecule has 0 bridgehead atoms. The number of benzene rings is 2. The van der Waals surface area contributed by atoms with E-state index in [0.717, 1.165) is 54.9 Å². The molecule has 8 heteroatoms. The summed E-state index contributed by atoms with van der Waals surface area (Å²) >= 11 is 6.11. The van der Waals surface area contributed by atoms with Gasteiger partial charge in [-0.2, -0.15) is 5.10 Å². The van der Waals surface area contributed by atoms with Crippen LogP contribution in [0.2, 0.25) is 5.02 Å². The zero-order valence-electron chi connectivity index (χ0n) is 21.7. The van der Waals surface area contributed by atoms with Gasteiger partial charge in [-0.15, -0.1) is 0 Å². The molecule has 1 fully saturated rings. The Balaban J connectivity index is 1.22. The number of aliphatic hydroxyl groups excluding tert-OH is 1. The smallest absolute Gasteiger partial charge is 0.219 e. The number of aliphatic hydroxyl groups is 1. The number of anilines is 1. The number of likely N-dealkylation sites (tertiary alicyclic amines) is 1. The Morgan fingerprint density at radius 2 is 1.78 bits per heavy atom. The first-order valence-corrected chi connectivity index (χ1v) is 13.6.